The van der Waals surface area contributed by atoms with E-state index in [-0.39, 0.29) is 12.3 Å². The van der Waals surface area contributed by atoms with E-state index in [2.05, 4.69) is 20.3 Å². The highest BCUT2D eigenvalue weighted by Gasteiger charge is 2.10. The maximum atomic E-state index is 11.9. The molecule has 3 rings (SSSR count). The minimum Gasteiger partial charge on any atom is -0.324 e. The van der Waals surface area contributed by atoms with E-state index >= 15 is 0 Å². The van der Waals surface area contributed by atoms with Gasteiger partial charge in [-0.1, -0.05) is 12.1 Å². The highest BCUT2D eigenvalue weighted by molar-refractivity contribution is 7.09. The molecule has 0 aliphatic heterocycles. The van der Waals surface area contributed by atoms with E-state index in [4.69, 9.17) is 11.6 Å². The summed E-state index contributed by atoms with van der Waals surface area (Å²) in [7, 11) is 0. The summed E-state index contributed by atoms with van der Waals surface area (Å²) in [6.45, 7) is 0. The Kier molecular flexibility index (Phi) is 3.66. The molecule has 20 heavy (non-hydrogen) atoms. The van der Waals surface area contributed by atoms with Crippen molar-refractivity contribution in [1.82, 2.24) is 15.0 Å². The van der Waals surface area contributed by atoms with Crippen molar-refractivity contribution < 1.29 is 4.79 Å². The first kappa shape index (κ1) is 13.1. The van der Waals surface area contributed by atoms with Gasteiger partial charge in [0.2, 0.25) is 11.9 Å². The highest BCUT2D eigenvalue weighted by Crippen LogP contribution is 2.15. The van der Waals surface area contributed by atoms with E-state index in [1.807, 2.05) is 29.6 Å². The standard InChI is InChI=1S/C13H11ClN4OS/c14-6-8-7-20-12(15-8)5-11(19)18-13-16-9-3-1-2-4-10(9)17-13/h1-4,7H,5-6H2,(H2,16,17,18,19). The fourth-order valence-electron chi connectivity index (χ4n) is 1.82. The van der Waals surface area contributed by atoms with Gasteiger partial charge in [0, 0.05) is 5.38 Å². The second-order valence-electron chi connectivity index (χ2n) is 4.19. The van der Waals surface area contributed by atoms with Crippen molar-refractivity contribution in [3.63, 3.8) is 0 Å². The van der Waals surface area contributed by atoms with Gasteiger partial charge in [-0.25, -0.2) is 9.97 Å². The van der Waals surface area contributed by atoms with Crippen LogP contribution in [0.5, 0.6) is 0 Å². The lowest BCUT2D eigenvalue weighted by Crippen LogP contribution is -2.15. The summed E-state index contributed by atoms with van der Waals surface area (Å²) in [6, 6.07) is 7.61. The third-order valence-corrected chi connectivity index (χ3v) is 3.87. The second-order valence-corrected chi connectivity index (χ2v) is 5.40. The van der Waals surface area contributed by atoms with Crippen LogP contribution < -0.4 is 5.32 Å². The second kappa shape index (κ2) is 5.60. The first-order valence-electron chi connectivity index (χ1n) is 5.98. The van der Waals surface area contributed by atoms with Crippen molar-refractivity contribution in [2.75, 3.05) is 5.32 Å². The number of fused-ring (bicyclic) bond motifs is 1. The highest BCUT2D eigenvalue weighted by atomic mass is 35.5. The van der Waals surface area contributed by atoms with Crippen LogP contribution in [0.1, 0.15) is 10.7 Å². The Morgan fingerprint density at radius 2 is 2.20 bits per heavy atom. The number of rotatable bonds is 4. The van der Waals surface area contributed by atoms with Gasteiger partial charge < -0.3 is 4.98 Å². The summed E-state index contributed by atoms with van der Waals surface area (Å²) >= 11 is 7.11. The number of benzene rings is 1. The third-order valence-electron chi connectivity index (χ3n) is 2.70. The number of anilines is 1. The average molecular weight is 307 g/mol. The average Bonchev–Trinajstić information content (AvgIpc) is 3.04. The zero-order chi connectivity index (χ0) is 13.9. The molecule has 1 amide bonds. The Morgan fingerprint density at radius 1 is 1.35 bits per heavy atom. The number of para-hydroxylation sites is 2. The van der Waals surface area contributed by atoms with Gasteiger partial charge >= 0.3 is 0 Å². The van der Waals surface area contributed by atoms with E-state index < -0.39 is 0 Å². The number of carbonyl (C=O) groups excluding carboxylic acids is 1. The van der Waals surface area contributed by atoms with Crippen molar-refractivity contribution in [3.05, 3.63) is 40.3 Å². The molecule has 0 bridgehead atoms. The van der Waals surface area contributed by atoms with Gasteiger partial charge in [-0.2, -0.15) is 0 Å². The molecule has 102 valence electrons. The Morgan fingerprint density at radius 3 is 2.95 bits per heavy atom. The fourth-order valence-corrected chi connectivity index (χ4v) is 2.84. The molecule has 0 spiro atoms. The first-order valence-corrected chi connectivity index (χ1v) is 7.40. The maximum Gasteiger partial charge on any atom is 0.233 e. The molecule has 0 radical (unpaired) electrons. The number of hydrogen-bond donors (Lipinski definition) is 2. The number of aromatic amines is 1. The number of alkyl halides is 1. The van der Waals surface area contributed by atoms with E-state index in [1.165, 1.54) is 11.3 Å². The van der Waals surface area contributed by atoms with E-state index in [0.717, 1.165) is 21.7 Å². The summed E-state index contributed by atoms with van der Waals surface area (Å²) in [5.41, 5.74) is 2.51. The normalized spacial score (nSPS) is 10.8. The van der Waals surface area contributed by atoms with Gasteiger partial charge in [-0.05, 0) is 12.1 Å². The summed E-state index contributed by atoms with van der Waals surface area (Å²) < 4.78 is 0. The summed E-state index contributed by atoms with van der Waals surface area (Å²) in [6.07, 6.45) is 0.221. The smallest absolute Gasteiger partial charge is 0.233 e. The molecule has 1 aromatic carbocycles. The largest absolute Gasteiger partial charge is 0.324 e. The van der Waals surface area contributed by atoms with Gasteiger partial charge in [0.15, 0.2) is 0 Å². The van der Waals surface area contributed by atoms with Crippen molar-refractivity contribution in [1.29, 1.82) is 0 Å². The van der Waals surface area contributed by atoms with Gasteiger partial charge in [0.1, 0.15) is 5.01 Å². The number of imidazole rings is 1. The van der Waals surface area contributed by atoms with Crippen LogP contribution in [0.25, 0.3) is 11.0 Å². The number of amides is 1. The lowest BCUT2D eigenvalue weighted by molar-refractivity contribution is -0.115. The molecule has 2 N–H and O–H groups in total. The van der Waals surface area contributed by atoms with Gasteiger partial charge in [-0.15, -0.1) is 22.9 Å². The maximum absolute atomic E-state index is 11.9. The predicted molar refractivity (Wildman–Crippen MR) is 80.1 cm³/mol. The third kappa shape index (κ3) is 2.81. The number of thiazole rings is 1. The molecule has 0 aliphatic rings. The summed E-state index contributed by atoms with van der Waals surface area (Å²) in [4.78, 5) is 23.5. The van der Waals surface area contributed by atoms with Crippen molar-refractivity contribution in [2.45, 2.75) is 12.3 Å². The molecule has 0 unspecified atom stereocenters. The lowest BCUT2D eigenvalue weighted by Gasteiger charge is -1.98. The molecule has 3 aromatic rings. The molecule has 0 saturated carbocycles. The number of aromatic nitrogens is 3. The number of H-pyrrole nitrogens is 1. The molecule has 0 atom stereocenters. The van der Waals surface area contributed by atoms with Crippen molar-refractivity contribution >= 4 is 45.8 Å². The fraction of sp³-hybridized carbons (Fsp3) is 0.154. The molecule has 0 saturated heterocycles. The van der Waals surface area contributed by atoms with Crippen LogP contribution in [-0.4, -0.2) is 20.9 Å². The molecule has 5 nitrogen and oxygen atoms in total. The number of nitrogens with one attached hydrogen (secondary N) is 2. The summed E-state index contributed by atoms with van der Waals surface area (Å²) in [5.74, 6) is 0.659. The summed E-state index contributed by atoms with van der Waals surface area (Å²) in [5, 5.41) is 5.34. The number of hydrogen-bond acceptors (Lipinski definition) is 4. The van der Waals surface area contributed by atoms with Crippen LogP contribution in [0.4, 0.5) is 5.95 Å². The molecule has 2 heterocycles. The van der Waals surface area contributed by atoms with Gasteiger partial charge in [0.25, 0.3) is 0 Å². The number of halogens is 1. The van der Waals surface area contributed by atoms with Crippen LogP contribution in [0.3, 0.4) is 0 Å². The van der Waals surface area contributed by atoms with Crippen LogP contribution in [0.2, 0.25) is 0 Å². The van der Waals surface area contributed by atoms with Crippen molar-refractivity contribution in [3.8, 4) is 0 Å². The van der Waals surface area contributed by atoms with Gasteiger partial charge in [-0.3, -0.25) is 10.1 Å². The molecule has 0 aliphatic carbocycles. The van der Waals surface area contributed by atoms with E-state index in [0.29, 0.717) is 11.8 Å². The quantitative estimate of drug-likeness (QED) is 0.728. The Balaban J connectivity index is 1.69. The molecule has 2 aromatic heterocycles. The van der Waals surface area contributed by atoms with Crippen LogP contribution in [0, 0.1) is 0 Å². The SMILES string of the molecule is O=C(Cc1nc(CCl)cs1)Nc1nc2ccccc2[nH]1. The van der Waals surface area contributed by atoms with Crippen LogP contribution in [-0.2, 0) is 17.1 Å². The zero-order valence-corrected chi connectivity index (χ0v) is 12.0. The predicted octanol–water partition coefficient (Wildman–Crippen LogP) is 2.94. The van der Waals surface area contributed by atoms with Gasteiger partial charge in [0.05, 0.1) is 29.0 Å². The number of nitrogens with zero attached hydrogens (tertiary/aromatic N) is 2. The van der Waals surface area contributed by atoms with E-state index in [9.17, 15) is 4.79 Å². The van der Waals surface area contributed by atoms with Crippen molar-refractivity contribution in [2.24, 2.45) is 0 Å². The zero-order valence-electron chi connectivity index (χ0n) is 10.4. The molecular weight excluding hydrogens is 296 g/mol. The minimum absolute atomic E-state index is 0.153. The first-order chi connectivity index (χ1) is 9.74. The van der Waals surface area contributed by atoms with Crippen LogP contribution >= 0.6 is 22.9 Å². The Bertz CT molecular complexity index is 719. The van der Waals surface area contributed by atoms with Crippen LogP contribution in [0.15, 0.2) is 29.6 Å². The molecule has 7 heteroatoms. The molecular formula is C13H11ClN4OS. The molecule has 0 fully saturated rings. The Hall–Kier alpha value is -1.92. The lowest BCUT2D eigenvalue weighted by atomic mass is 10.3. The number of carbonyl (C=O) groups is 1. The minimum atomic E-state index is -0.153. The topological polar surface area (TPSA) is 70.7 Å². The Labute approximate surface area is 124 Å². The van der Waals surface area contributed by atoms with E-state index in [1.54, 1.807) is 0 Å². The monoisotopic (exact) mass is 306 g/mol.